The lowest BCUT2D eigenvalue weighted by Crippen LogP contribution is -2.35. The van der Waals surface area contributed by atoms with E-state index in [9.17, 15) is 0 Å². The van der Waals surface area contributed by atoms with Crippen LogP contribution in [0, 0.1) is 11.8 Å². The lowest BCUT2D eigenvalue weighted by molar-refractivity contribution is 0.0953. The van der Waals surface area contributed by atoms with Gasteiger partial charge in [0.2, 0.25) is 0 Å². The molecular weight excluding hydrogens is 178 g/mol. The van der Waals surface area contributed by atoms with Crippen molar-refractivity contribution in [3.63, 3.8) is 0 Å². The number of hydrogen-bond acceptors (Lipinski definition) is 3. The van der Waals surface area contributed by atoms with Crippen LogP contribution in [0.2, 0.25) is 0 Å². The average molecular weight is 199 g/mol. The van der Waals surface area contributed by atoms with Crippen LogP contribution < -0.4 is 5.73 Å². The summed E-state index contributed by atoms with van der Waals surface area (Å²) in [6, 6.07) is 0.178. The van der Waals surface area contributed by atoms with Crippen molar-refractivity contribution >= 4 is 0 Å². The van der Waals surface area contributed by atoms with Crippen LogP contribution in [0.15, 0.2) is 0 Å². The molecule has 2 atom stereocenters. The Kier molecular flexibility index (Phi) is 3.79. The highest BCUT2D eigenvalue weighted by atomic mass is 16.5. The molecule has 3 nitrogen and oxygen atoms in total. The second kappa shape index (κ2) is 5.10. The minimum absolute atomic E-state index is 0.178. The molecule has 0 aromatic heterocycles. The quantitative estimate of drug-likeness (QED) is 0.653. The molecule has 0 amide bonds. The zero-order valence-corrected chi connectivity index (χ0v) is 8.78. The van der Waals surface area contributed by atoms with E-state index in [0.29, 0.717) is 12.5 Å². The van der Waals surface area contributed by atoms with Gasteiger partial charge in [-0.05, 0) is 18.8 Å². The van der Waals surface area contributed by atoms with Crippen molar-refractivity contribution in [1.29, 1.82) is 0 Å². The van der Waals surface area contributed by atoms with Crippen LogP contribution in [-0.2, 0) is 9.47 Å². The van der Waals surface area contributed by atoms with Crippen LogP contribution in [0.1, 0.15) is 25.7 Å². The Bertz CT molecular complexity index is 165. The normalized spacial score (nSPS) is 29.4. The fourth-order valence-electron chi connectivity index (χ4n) is 1.90. The summed E-state index contributed by atoms with van der Waals surface area (Å²) >= 11 is 0. The Labute approximate surface area is 85.9 Å². The summed E-state index contributed by atoms with van der Waals surface area (Å²) in [5.74, 6) is 1.48. The third-order valence-electron chi connectivity index (χ3n) is 3.25. The summed E-state index contributed by atoms with van der Waals surface area (Å²) in [6.45, 7) is 3.31. The summed E-state index contributed by atoms with van der Waals surface area (Å²) < 4.78 is 10.9. The molecule has 2 fully saturated rings. The van der Waals surface area contributed by atoms with Gasteiger partial charge in [0.15, 0.2) is 0 Å². The molecule has 0 spiro atoms. The van der Waals surface area contributed by atoms with Gasteiger partial charge < -0.3 is 15.2 Å². The maximum atomic E-state index is 6.01. The fourth-order valence-corrected chi connectivity index (χ4v) is 1.90. The van der Waals surface area contributed by atoms with Gasteiger partial charge in [0.1, 0.15) is 0 Å². The predicted octanol–water partition coefficient (Wildman–Crippen LogP) is 1.17. The zero-order valence-electron chi connectivity index (χ0n) is 8.78. The van der Waals surface area contributed by atoms with Gasteiger partial charge in [0, 0.05) is 25.2 Å². The van der Waals surface area contributed by atoms with Gasteiger partial charge in [0.25, 0.3) is 0 Å². The van der Waals surface area contributed by atoms with Crippen molar-refractivity contribution in [3.8, 4) is 0 Å². The molecule has 2 aliphatic rings. The Hall–Kier alpha value is -0.120. The molecule has 0 bridgehead atoms. The lowest BCUT2D eigenvalue weighted by atomic mass is 10.0. The highest BCUT2D eigenvalue weighted by Gasteiger charge is 2.23. The number of nitrogens with two attached hydrogens (primary N) is 1. The molecule has 3 heteroatoms. The van der Waals surface area contributed by atoms with Crippen LogP contribution >= 0.6 is 0 Å². The van der Waals surface area contributed by atoms with Crippen LogP contribution in [0.4, 0.5) is 0 Å². The van der Waals surface area contributed by atoms with Crippen molar-refractivity contribution in [2.75, 3.05) is 26.4 Å². The van der Waals surface area contributed by atoms with Crippen molar-refractivity contribution in [1.82, 2.24) is 0 Å². The average Bonchev–Trinajstić information content (AvgIpc) is 2.84. The molecule has 82 valence electrons. The summed E-state index contributed by atoms with van der Waals surface area (Å²) in [4.78, 5) is 0. The van der Waals surface area contributed by atoms with E-state index in [0.717, 1.165) is 32.2 Å². The van der Waals surface area contributed by atoms with Gasteiger partial charge in [-0.15, -0.1) is 0 Å². The highest BCUT2D eigenvalue weighted by Crippen LogP contribution is 2.32. The van der Waals surface area contributed by atoms with E-state index in [1.807, 2.05) is 0 Å². The van der Waals surface area contributed by atoms with Gasteiger partial charge in [-0.3, -0.25) is 0 Å². The summed E-state index contributed by atoms with van der Waals surface area (Å²) in [7, 11) is 0. The molecule has 0 aromatic carbocycles. The first-order valence-corrected chi connectivity index (χ1v) is 5.77. The van der Waals surface area contributed by atoms with Gasteiger partial charge in [0.05, 0.1) is 13.2 Å². The van der Waals surface area contributed by atoms with Crippen LogP contribution in [0.5, 0.6) is 0 Å². The van der Waals surface area contributed by atoms with E-state index < -0.39 is 0 Å². The van der Waals surface area contributed by atoms with E-state index >= 15 is 0 Å². The SMILES string of the molecule is NC(COCCC1CC1)C1CCOC1. The molecule has 1 aliphatic heterocycles. The summed E-state index contributed by atoms with van der Waals surface area (Å²) in [6.07, 6.45) is 5.15. The smallest absolute Gasteiger partial charge is 0.0621 e. The lowest BCUT2D eigenvalue weighted by Gasteiger charge is -2.17. The van der Waals surface area contributed by atoms with E-state index in [-0.39, 0.29) is 6.04 Å². The first-order valence-electron chi connectivity index (χ1n) is 5.77. The minimum atomic E-state index is 0.178. The molecule has 14 heavy (non-hydrogen) atoms. The van der Waals surface area contributed by atoms with Gasteiger partial charge in [-0.2, -0.15) is 0 Å². The van der Waals surface area contributed by atoms with E-state index in [2.05, 4.69) is 0 Å². The van der Waals surface area contributed by atoms with Crippen molar-refractivity contribution < 1.29 is 9.47 Å². The molecule has 1 aliphatic carbocycles. The molecule has 2 rings (SSSR count). The van der Waals surface area contributed by atoms with Gasteiger partial charge in [-0.25, -0.2) is 0 Å². The molecular formula is C11H21NO2. The fraction of sp³-hybridized carbons (Fsp3) is 1.00. The van der Waals surface area contributed by atoms with E-state index in [1.165, 1.54) is 19.3 Å². The van der Waals surface area contributed by atoms with E-state index in [4.69, 9.17) is 15.2 Å². The monoisotopic (exact) mass is 199 g/mol. The van der Waals surface area contributed by atoms with Crippen molar-refractivity contribution in [2.45, 2.75) is 31.7 Å². The van der Waals surface area contributed by atoms with Crippen LogP contribution in [0.3, 0.4) is 0 Å². The molecule has 1 heterocycles. The standard InChI is InChI=1S/C11H21NO2/c12-11(10-4-6-13-7-10)8-14-5-3-9-1-2-9/h9-11H,1-8,12H2. The first-order chi connectivity index (χ1) is 6.86. The largest absolute Gasteiger partial charge is 0.381 e. The number of ether oxygens (including phenoxy) is 2. The maximum Gasteiger partial charge on any atom is 0.0621 e. The molecule has 1 saturated heterocycles. The first kappa shape index (κ1) is 10.4. The molecule has 1 saturated carbocycles. The summed E-state index contributed by atoms with van der Waals surface area (Å²) in [5, 5.41) is 0. The third kappa shape index (κ3) is 3.23. The minimum Gasteiger partial charge on any atom is -0.381 e. The zero-order chi connectivity index (χ0) is 9.80. The Morgan fingerprint density at radius 3 is 2.86 bits per heavy atom. The Morgan fingerprint density at radius 2 is 2.21 bits per heavy atom. The molecule has 2 N–H and O–H groups in total. The second-order valence-corrected chi connectivity index (χ2v) is 4.59. The van der Waals surface area contributed by atoms with Crippen LogP contribution in [-0.4, -0.2) is 32.5 Å². The Morgan fingerprint density at radius 1 is 1.36 bits per heavy atom. The van der Waals surface area contributed by atoms with Gasteiger partial charge in [-0.1, -0.05) is 12.8 Å². The molecule has 0 aromatic rings. The number of hydrogen-bond donors (Lipinski definition) is 1. The summed E-state index contributed by atoms with van der Waals surface area (Å²) in [5.41, 5.74) is 6.01. The second-order valence-electron chi connectivity index (χ2n) is 4.59. The molecule has 0 radical (unpaired) electrons. The van der Waals surface area contributed by atoms with Crippen molar-refractivity contribution in [3.05, 3.63) is 0 Å². The molecule has 2 unspecified atom stereocenters. The predicted molar refractivity (Wildman–Crippen MR) is 55.1 cm³/mol. The van der Waals surface area contributed by atoms with E-state index in [1.54, 1.807) is 0 Å². The topological polar surface area (TPSA) is 44.5 Å². The Balaban J connectivity index is 1.50. The third-order valence-corrected chi connectivity index (χ3v) is 3.25. The van der Waals surface area contributed by atoms with Gasteiger partial charge >= 0.3 is 0 Å². The highest BCUT2D eigenvalue weighted by molar-refractivity contribution is 4.76. The number of rotatable bonds is 6. The van der Waals surface area contributed by atoms with Crippen molar-refractivity contribution in [2.24, 2.45) is 17.6 Å². The maximum absolute atomic E-state index is 6.01. The van der Waals surface area contributed by atoms with Crippen LogP contribution in [0.25, 0.3) is 0 Å².